The zero-order valence-electron chi connectivity index (χ0n) is 11.7. The Morgan fingerprint density at radius 3 is 2.55 bits per heavy atom. The predicted octanol–water partition coefficient (Wildman–Crippen LogP) is 1.13. The first-order valence-corrected chi connectivity index (χ1v) is 5.87. The molecule has 2 rings (SSSR count). The zero-order chi connectivity index (χ0) is 14.7. The molecule has 20 heavy (non-hydrogen) atoms. The number of carbonyl (C=O) groups is 1. The van der Waals surface area contributed by atoms with Crippen LogP contribution in [0.2, 0.25) is 0 Å². The molecule has 0 amide bonds. The fraction of sp³-hybridized carbons (Fsp3) is 0.308. The van der Waals surface area contributed by atoms with Gasteiger partial charge in [-0.15, -0.1) is 0 Å². The van der Waals surface area contributed by atoms with E-state index in [4.69, 9.17) is 9.47 Å². The first kappa shape index (κ1) is 13.9. The summed E-state index contributed by atoms with van der Waals surface area (Å²) in [5.74, 6) is 0.0786. The van der Waals surface area contributed by atoms with Gasteiger partial charge < -0.3 is 9.47 Å². The number of methoxy groups -OCH3 is 2. The van der Waals surface area contributed by atoms with Crippen LogP contribution < -0.4 is 9.47 Å². The van der Waals surface area contributed by atoms with Gasteiger partial charge in [0.05, 0.1) is 31.8 Å². The lowest BCUT2D eigenvalue weighted by Gasteiger charge is -2.08. The molecule has 0 atom stereocenters. The van der Waals surface area contributed by atoms with Crippen LogP contribution in [0.1, 0.15) is 27.4 Å². The topological polar surface area (TPSA) is 87.1 Å². The molecule has 2 aromatic heterocycles. The van der Waals surface area contributed by atoms with Crippen LogP contribution in [0.4, 0.5) is 0 Å². The molecule has 0 aliphatic heterocycles. The lowest BCUT2D eigenvalue weighted by atomic mass is 10.1. The molecule has 2 aromatic rings. The number of carbonyl (C=O) groups excluding carboxylic acids is 1. The van der Waals surface area contributed by atoms with Crippen molar-refractivity contribution in [1.29, 1.82) is 0 Å². The van der Waals surface area contributed by atoms with E-state index < -0.39 is 0 Å². The van der Waals surface area contributed by atoms with E-state index in [2.05, 4.69) is 20.2 Å². The summed E-state index contributed by atoms with van der Waals surface area (Å²) in [5.41, 5.74) is 1.72. The molecule has 0 radical (unpaired) electrons. The molecule has 0 fully saturated rings. The lowest BCUT2D eigenvalue weighted by Crippen LogP contribution is -2.11. The van der Waals surface area contributed by atoms with Crippen LogP contribution in [0.3, 0.4) is 0 Å². The minimum Gasteiger partial charge on any atom is -0.480 e. The van der Waals surface area contributed by atoms with Gasteiger partial charge in [-0.1, -0.05) is 0 Å². The molecule has 0 aliphatic carbocycles. The summed E-state index contributed by atoms with van der Waals surface area (Å²) in [6.07, 6.45) is 1.37. The van der Waals surface area contributed by atoms with Crippen molar-refractivity contribution in [3.05, 3.63) is 34.9 Å². The van der Waals surface area contributed by atoms with Crippen LogP contribution in [0.25, 0.3) is 0 Å². The van der Waals surface area contributed by atoms with Crippen LogP contribution in [-0.4, -0.2) is 40.2 Å². The Labute approximate surface area is 116 Å². The van der Waals surface area contributed by atoms with E-state index in [1.807, 2.05) is 0 Å². The van der Waals surface area contributed by atoms with Gasteiger partial charge in [0.25, 0.3) is 0 Å². The van der Waals surface area contributed by atoms with E-state index in [1.165, 1.54) is 20.4 Å². The number of rotatable bonds is 4. The van der Waals surface area contributed by atoms with Crippen LogP contribution in [-0.2, 0) is 0 Å². The van der Waals surface area contributed by atoms with Gasteiger partial charge in [-0.2, -0.15) is 15.2 Å². The fourth-order valence-electron chi connectivity index (χ4n) is 1.66. The number of hydrogen-bond donors (Lipinski definition) is 0. The van der Waals surface area contributed by atoms with Crippen molar-refractivity contribution in [1.82, 2.24) is 20.2 Å². The zero-order valence-corrected chi connectivity index (χ0v) is 11.7. The molecule has 0 aromatic carbocycles. The van der Waals surface area contributed by atoms with Crippen molar-refractivity contribution < 1.29 is 14.3 Å². The van der Waals surface area contributed by atoms with Crippen molar-refractivity contribution in [3.63, 3.8) is 0 Å². The second-order valence-electron chi connectivity index (χ2n) is 4.08. The first-order chi connectivity index (χ1) is 9.56. The van der Waals surface area contributed by atoms with Gasteiger partial charge in [-0.05, 0) is 19.9 Å². The van der Waals surface area contributed by atoms with Gasteiger partial charge in [0.15, 0.2) is 5.69 Å². The van der Waals surface area contributed by atoms with Crippen LogP contribution in [0.15, 0.2) is 12.3 Å². The Morgan fingerprint density at radius 1 is 1.15 bits per heavy atom. The molecular formula is C13H14N4O3. The molecule has 2 heterocycles. The normalized spacial score (nSPS) is 10.2. The van der Waals surface area contributed by atoms with Gasteiger partial charge in [0.1, 0.15) is 0 Å². The lowest BCUT2D eigenvalue weighted by molar-refractivity contribution is 0.102. The Bertz CT molecular complexity index is 658. The fourth-order valence-corrected chi connectivity index (χ4v) is 1.66. The Hall–Kier alpha value is -2.57. The molecule has 0 bridgehead atoms. The van der Waals surface area contributed by atoms with Gasteiger partial charge >= 0.3 is 0 Å². The van der Waals surface area contributed by atoms with Crippen LogP contribution in [0, 0.1) is 13.8 Å². The number of hydrogen-bond acceptors (Lipinski definition) is 7. The molecule has 104 valence electrons. The smallest absolute Gasteiger partial charge is 0.247 e. The minimum absolute atomic E-state index is 0.114. The second-order valence-corrected chi connectivity index (χ2v) is 4.08. The largest absolute Gasteiger partial charge is 0.480 e. The van der Waals surface area contributed by atoms with Crippen molar-refractivity contribution >= 4 is 5.78 Å². The Kier molecular flexibility index (Phi) is 3.88. The molecule has 7 nitrogen and oxygen atoms in total. The van der Waals surface area contributed by atoms with Gasteiger partial charge in [0.2, 0.25) is 17.5 Å². The predicted molar refractivity (Wildman–Crippen MR) is 70.1 cm³/mol. The van der Waals surface area contributed by atoms with Crippen molar-refractivity contribution in [2.75, 3.05) is 14.2 Å². The number of nitrogens with zero attached hydrogens (tertiary/aromatic N) is 4. The summed E-state index contributed by atoms with van der Waals surface area (Å²) in [4.78, 5) is 20.6. The van der Waals surface area contributed by atoms with E-state index in [0.717, 1.165) is 0 Å². The van der Waals surface area contributed by atoms with E-state index in [0.29, 0.717) is 17.0 Å². The van der Waals surface area contributed by atoms with Gasteiger partial charge in [-0.25, -0.2) is 4.98 Å². The van der Waals surface area contributed by atoms with Crippen LogP contribution in [0.5, 0.6) is 11.8 Å². The monoisotopic (exact) mass is 274 g/mol. The molecule has 0 aliphatic rings. The summed E-state index contributed by atoms with van der Waals surface area (Å²) < 4.78 is 10.0. The highest BCUT2D eigenvalue weighted by atomic mass is 16.5. The molecule has 0 saturated heterocycles. The highest BCUT2D eigenvalue weighted by Gasteiger charge is 2.21. The summed E-state index contributed by atoms with van der Waals surface area (Å²) in [7, 11) is 2.88. The molecule has 0 unspecified atom stereocenters. The average molecular weight is 274 g/mol. The third-order valence-electron chi connectivity index (χ3n) is 2.68. The van der Waals surface area contributed by atoms with E-state index in [9.17, 15) is 4.79 Å². The maximum absolute atomic E-state index is 12.5. The van der Waals surface area contributed by atoms with E-state index >= 15 is 0 Å². The van der Waals surface area contributed by atoms with E-state index in [1.54, 1.807) is 19.9 Å². The standard InChI is InChI=1S/C13H14N4O3/c1-7-5-9(8(2)17-16-7)12(18)11-13(20-4)15-10(19-3)6-14-11/h5-6H,1-4H3. The van der Waals surface area contributed by atoms with Crippen molar-refractivity contribution in [2.24, 2.45) is 0 Å². The Morgan fingerprint density at radius 2 is 1.90 bits per heavy atom. The molecule has 7 heteroatoms. The quantitative estimate of drug-likeness (QED) is 0.772. The number of aryl methyl sites for hydroxylation is 2. The second kappa shape index (κ2) is 5.60. The SMILES string of the molecule is COc1cnc(C(=O)c2cc(C)nnc2C)c(OC)n1. The first-order valence-electron chi connectivity index (χ1n) is 5.87. The molecule has 0 N–H and O–H groups in total. The molecule has 0 saturated carbocycles. The maximum atomic E-state index is 12.5. The summed E-state index contributed by atoms with van der Waals surface area (Å²) in [5, 5.41) is 7.83. The highest BCUT2D eigenvalue weighted by molar-refractivity contribution is 6.09. The third-order valence-corrected chi connectivity index (χ3v) is 2.68. The molecular weight excluding hydrogens is 260 g/mol. The van der Waals surface area contributed by atoms with Crippen LogP contribution >= 0.6 is 0 Å². The van der Waals surface area contributed by atoms with Gasteiger partial charge in [0, 0.05) is 5.56 Å². The maximum Gasteiger partial charge on any atom is 0.247 e. The number of ketones is 1. The highest BCUT2D eigenvalue weighted by Crippen LogP contribution is 2.21. The van der Waals surface area contributed by atoms with Crippen molar-refractivity contribution in [2.45, 2.75) is 13.8 Å². The van der Waals surface area contributed by atoms with Gasteiger partial charge in [-0.3, -0.25) is 4.79 Å². The van der Waals surface area contributed by atoms with Crippen molar-refractivity contribution in [3.8, 4) is 11.8 Å². The average Bonchev–Trinajstić information content (AvgIpc) is 2.48. The summed E-state index contributed by atoms with van der Waals surface area (Å²) in [6.45, 7) is 3.48. The third kappa shape index (κ3) is 2.56. The summed E-state index contributed by atoms with van der Waals surface area (Å²) in [6, 6.07) is 1.66. The van der Waals surface area contributed by atoms with E-state index in [-0.39, 0.29) is 23.2 Å². The number of ether oxygens (including phenoxy) is 2. The minimum atomic E-state index is -0.312. The number of aromatic nitrogens is 4. The molecule has 0 spiro atoms. The Balaban J connectivity index is 2.50. The summed E-state index contributed by atoms with van der Waals surface area (Å²) >= 11 is 0.